The van der Waals surface area contributed by atoms with Gasteiger partial charge in [0.15, 0.2) is 0 Å². The van der Waals surface area contributed by atoms with Gasteiger partial charge in [0.05, 0.1) is 11.9 Å². The number of rotatable bonds is 5. The predicted molar refractivity (Wildman–Crippen MR) is 96.2 cm³/mol. The molecule has 122 valence electrons. The van der Waals surface area contributed by atoms with Gasteiger partial charge in [0.2, 0.25) is 5.91 Å². The standard InChI is InChI=1S/C20H20N2O2/c1-14-6-5-9-16-13-17(20(24)22-19(14)16)10-11-21-18(23)12-15-7-3-2-4-8-15/h2-9,13H,10-12H2,1H3,(H,21,23)(H,22,24). The Balaban J connectivity index is 1.62. The van der Waals surface area contributed by atoms with E-state index in [2.05, 4.69) is 10.3 Å². The second-order valence-corrected chi connectivity index (χ2v) is 5.93. The van der Waals surface area contributed by atoms with Crippen molar-refractivity contribution in [3.63, 3.8) is 0 Å². The van der Waals surface area contributed by atoms with Crippen LogP contribution in [0.2, 0.25) is 0 Å². The SMILES string of the molecule is Cc1cccc2cc(CCNC(=O)Cc3ccccc3)c(=O)[nH]c12. The average molecular weight is 320 g/mol. The fourth-order valence-corrected chi connectivity index (χ4v) is 2.79. The van der Waals surface area contributed by atoms with Crippen molar-refractivity contribution in [2.75, 3.05) is 6.54 Å². The number of aryl methyl sites for hydroxylation is 1. The summed E-state index contributed by atoms with van der Waals surface area (Å²) in [5.41, 5.74) is 3.50. The summed E-state index contributed by atoms with van der Waals surface area (Å²) >= 11 is 0. The van der Waals surface area contributed by atoms with E-state index < -0.39 is 0 Å². The maximum absolute atomic E-state index is 12.2. The molecule has 24 heavy (non-hydrogen) atoms. The minimum Gasteiger partial charge on any atom is -0.355 e. The molecule has 2 aromatic carbocycles. The zero-order valence-electron chi connectivity index (χ0n) is 13.6. The average Bonchev–Trinajstić information content (AvgIpc) is 2.57. The van der Waals surface area contributed by atoms with Crippen LogP contribution >= 0.6 is 0 Å². The molecule has 3 rings (SSSR count). The maximum Gasteiger partial charge on any atom is 0.251 e. The lowest BCUT2D eigenvalue weighted by molar-refractivity contribution is -0.120. The monoisotopic (exact) mass is 320 g/mol. The second-order valence-electron chi connectivity index (χ2n) is 5.93. The summed E-state index contributed by atoms with van der Waals surface area (Å²) < 4.78 is 0. The minimum absolute atomic E-state index is 0.0331. The lowest BCUT2D eigenvalue weighted by Crippen LogP contribution is -2.28. The van der Waals surface area contributed by atoms with E-state index in [4.69, 9.17) is 0 Å². The van der Waals surface area contributed by atoms with Crippen LogP contribution in [0.15, 0.2) is 59.4 Å². The molecule has 0 unspecified atom stereocenters. The van der Waals surface area contributed by atoms with Gasteiger partial charge in [0, 0.05) is 12.1 Å². The van der Waals surface area contributed by atoms with Crippen LogP contribution in [-0.2, 0) is 17.6 Å². The summed E-state index contributed by atoms with van der Waals surface area (Å²) in [5.74, 6) is -0.0331. The molecule has 1 heterocycles. The number of hydrogen-bond acceptors (Lipinski definition) is 2. The summed E-state index contributed by atoms with van der Waals surface area (Å²) in [4.78, 5) is 27.1. The third-order valence-electron chi connectivity index (χ3n) is 4.09. The van der Waals surface area contributed by atoms with E-state index >= 15 is 0 Å². The van der Waals surface area contributed by atoms with Gasteiger partial charge in [0.25, 0.3) is 5.56 Å². The van der Waals surface area contributed by atoms with Crippen molar-refractivity contribution in [1.82, 2.24) is 10.3 Å². The molecule has 0 saturated carbocycles. The van der Waals surface area contributed by atoms with E-state index in [1.54, 1.807) is 0 Å². The molecule has 0 atom stereocenters. The molecule has 3 aromatic rings. The Bertz CT molecular complexity index is 914. The Morgan fingerprint density at radius 2 is 1.88 bits per heavy atom. The first kappa shape index (κ1) is 16.0. The third kappa shape index (κ3) is 3.71. The molecule has 4 nitrogen and oxygen atoms in total. The summed E-state index contributed by atoms with van der Waals surface area (Å²) in [7, 11) is 0. The van der Waals surface area contributed by atoms with Crippen molar-refractivity contribution in [1.29, 1.82) is 0 Å². The number of benzene rings is 2. The summed E-state index contributed by atoms with van der Waals surface area (Å²) in [6.45, 7) is 2.42. The van der Waals surface area contributed by atoms with Gasteiger partial charge in [-0.3, -0.25) is 9.59 Å². The van der Waals surface area contributed by atoms with Crippen LogP contribution < -0.4 is 10.9 Å². The van der Waals surface area contributed by atoms with Crippen LogP contribution in [0.25, 0.3) is 10.9 Å². The van der Waals surface area contributed by atoms with Crippen molar-refractivity contribution >= 4 is 16.8 Å². The molecule has 4 heteroatoms. The van der Waals surface area contributed by atoms with Gasteiger partial charge in [-0.2, -0.15) is 0 Å². The summed E-state index contributed by atoms with van der Waals surface area (Å²) in [6.07, 6.45) is 0.869. The lowest BCUT2D eigenvalue weighted by Gasteiger charge is -2.07. The largest absolute Gasteiger partial charge is 0.355 e. The first-order valence-corrected chi connectivity index (χ1v) is 8.05. The smallest absolute Gasteiger partial charge is 0.251 e. The van der Waals surface area contributed by atoms with E-state index in [0.29, 0.717) is 24.9 Å². The van der Waals surface area contributed by atoms with Crippen LogP contribution in [0.4, 0.5) is 0 Å². The first-order chi connectivity index (χ1) is 11.6. The van der Waals surface area contributed by atoms with Crippen molar-refractivity contribution in [3.8, 4) is 0 Å². The first-order valence-electron chi connectivity index (χ1n) is 8.05. The van der Waals surface area contributed by atoms with Crippen molar-refractivity contribution in [3.05, 3.63) is 81.6 Å². The molecule has 0 bridgehead atoms. The molecule has 0 aliphatic carbocycles. The highest BCUT2D eigenvalue weighted by molar-refractivity contribution is 5.82. The van der Waals surface area contributed by atoms with Gasteiger partial charge in [-0.15, -0.1) is 0 Å². The second kappa shape index (κ2) is 7.13. The summed E-state index contributed by atoms with van der Waals surface area (Å²) in [6, 6.07) is 17.4. The molecular formula is C20H20N2O2. The van der Waals surface area contributed by atoms with Crippen LogP contribution in [0, 0.1) is 6.92 Å². The Morgan fingerprint density at radius 3 is 2.67 bits per heavy atom. The van der Waals surface area contributed by atoms with E-state index in [1.807, 2.05) is 61.5 Å². The molecule has 0 saturated heterocycles. The molecule has 0 aliphatic heterocycles. The molecule has 0 spiro atoms. The number of carbonyl (C=O) groups excluding carboxylic acids is 1. The number of para-hydroxylation sites is 1. The fraction of sp³-hybridized carbons (Fsp3) is 0.200. The number of amides is 1. The van der Waals surface area contributed by atoms with Crippen molar-refractivity contribution in [2.45, 2.75) is 19.8 Å². The Kier molecular flexibility index (Phi) is 4.75. The topological polar surface area (TPSA) is 62.0 Å². The number of aromatic amines is 1. The number of aromatic nitrogens is 1. The molecule has 1 aromatic heterocycles. The molecule has 0 radical (unpaired) electrons. The van der Waals surface area contributed by atoms with Gasteiger partial charge in [-0.25, -0.2) is 0 Å². The Labute approximate surface area is 140 Å². The highest BCUT2D eigenvalue weighted by Crippen LogP contribution is 2.15. The number of carbonyl (C=O) groups is 1. The van der Waals surface area contributed by atoms with E-state index in [1.165, 1.54) is 0 Å². The highest BCUT2D eigenvalue weighted by Gasteiger charge is 2.06. The zero-order chi connectivity index (χ0) is 16.9. The van der Waals surface area contributed by atoms with E-state index in [9.17, 15) is 9.59 Å². The normalized spacial score (nSPS) is 10.7. The van der Waals surface area contributed by atoms with Gasteiger partial charge < -0.3 is 10.3 Å². The van der Waals surface area contributed by atoms with Gasteiger partial charge >= 0.3 is 0 Å². The number of hydrogen-bond donors (Lipinski definition) is 2. The molecular weight excluding hydrogens is 300 g/mol. The quantitative estimate of drug-likeness (QED) is 0.759. The predicted octanol–water partition coefficient (Wildman–Crippen LogP) is 2.74. The molecule has 0 aliphatic rings. The fourth-order valence-electron chi connectivity index (χ4n) is 2.79. The maximum atomic E-state index is 12.2. The van der Waals surface area contributed by atoms with Crippen LogP contribution in [0.5, 0.6) is 0 Å². The van der Waals surface area contributed by atoms with Crippen molar-refractivity contribution < 1.29 is 4.79 Å². The molecule has 1 amide bonds. The minimum atomic E-state index is -0.0888. The third-order valence-corrected chi connectivity index (χ3v) is 4.09. The summed E-state index contributed by atoms with van der Waals surface area (Å²) in [5, 5.41) is 3.89. The number of pyridine rings is 1. The Morgan fingerprint density at radius 1 is 1.08 bits per heavy atom. The van der Waals surface area contributed by atoms with Crippen LogP contribution in [0.3, 0.4) is 0 Å². The van der Waals surface area contributed by atoms with E-state index in [0.717, 1.165) is 22.0 Å². The molecule has 0 fully saturated rings. The number of H-pyrrole nitrogens is 1. The Hall–Kier alpha value is -2.88. The van der Waals surface area contributed by atoms with Crippen LogP contribution in [0.1, 0.15) is 16.7 Å². The van der Waals surface area contributed by atoms with Gasteiger partial charge in [-0.1, -0.05) is 48.5 Å². The molecule has 2 N–H and O–H groups in total. The lowest BCUT2D eigenvalue weighted by atomic mass is 10.1. The highest BCUT2D eigenvalue weighted by atomic mass is 16.1. The number of nitrogens with one attached hydrogen (secondary N) is 2. The van der Waals surface area contributed by atoms with Crippen molar-refractivity contribution in [2.24, 2.45) is 0 Å². The van der Waals surface area contributed by atoms with Gasteiger partial charge in [0.1, 0.15) is 0 Å². The zero-order valence-corrected chi connectivity index (χ0v) is 13.6. The number of fused-ring (bicyclic) bond motifs is 1. The van der Waals surface area contributed by atoms with Gasteiger partial charge in [-0.05, 0) is 35.9 Å². The van der Waals surface area contributed by atoms with Crippen LogP contribution in [-0.4, -0.2) is 17.4 Å². The van der Waals surface area contributed by atoms with E-state index in [-0.39, 0.29) is 11.5 Å².